The average molecular weight is 403 g/mol. The lowest BCUT2D eigenvalue weighted by molar-refractivity contribution is -0.137. The standard InChI is InChI=1S/C21H29N3O5/c1-14(2)24-13-15(12-18(24)25)20(26)22-8-10-23(11-9-22)21(27)19-16(28-3)6-5-7-17(19)29-4/h5-7,14-15H,8-13H2,1-4H3. The zero-order valence-corrected chi connectivity index (χ0v) is 17.5. The summed E-state index contributed by atoms with van der Waals surface area (Å²) in [5.41, 5.74) is 0.395. The number of piperazine rings is 1. The van der Waals surface area contributed by atoms with Gasteiger partial charge in [0, 0.05) is 45.2 Å². The average Bonchev–Trinajstić information content (AvgIpc) is 3.14. The zero-order valence-electron chi connectivity index (χ0n) is 17.5. The number of carbonyl (C=O) groups excluding carboxylic acids is 3. The van der Waals surface area contributed by atoms with E-state index in [1.165, 1.54) is 14.2 Å². The highest BCUT2D eigenvalue weighted by Crippen LogP contribution is 2.30. The van der Waals surface area contributed by atoms with Gasteiger partial charge in [0.25, 0.3) is 5.91 Å². The summed E-state index contributed by atoms with van der Waals surface area (Å²) in [4.78, 5) is 43.3. The lowest BCUT2D eigenvalue weighted by Crippen LogP contribution is -2.52. The maximum absolute atomic E-state index is 13.1. The molecule has 0 bridgehead atoms. The highest BCUT2D eigenvalue weighted by atomic mass is 16.5. The highest BCUT2D eigenvalue weighted by Gasteiger charge is 2.38. The number of methoxy groups -OCH3 is 2. The van der Waals surface area contributed by atoms with Gasteiger partial charge < -0.3 is 24.2 Å². The lowest BCUT2D eigenvalue weighted by atomic mass is 10.1. The van der Waals surface area contributed by atoms with Crippen LogP contribution in [0.15, 0.2) is 18.2 Å². The molecule has 0 radical (unpaired) electrons. The normalized spacial score (nSPS) is 19.7. The molecule has 3 rings (SSSR count). The van der Waals surface area contributed by atoms with Crippen LogP contribution in [-0.2, 0) is 9.59 Å². The summed E-state index contributed by atoms with van der Waals surface area (Å²) in [7, 11) is 3.04. The molecule has 2 saturated heterocycles. The Morgan fingerprint density at radius 1 is 1.00 bits per heavy atom. The van der Waals surface area contributed by atoms with E-state index < -0.39 is 0 Å². The van der Waals surface area contributed by atoms with E-state index >= 15 is 0 Å². The third-order valence-electron chi connectivity index (χ3n) is 5.65. The number of hydrogen-bond donors (Lipinski definition) is 0. The molecule has 2 heterocycles. The van der Waals surface area contributed by atoms with Crippen LogP contribution in [-0.4, -0.2) is 85.4 Å². The van der Waals surface area contributed by atoms with Gasteiger partial charge in [0.15, 0.2) is 0 Å². The van der Waals surface area contributed by atoms with Crippen molar-refractivity contribution < 1.29 is 23.9 Å². The Bertz CT molecular complexity index is 764. The molecule has 0 spiro atoms. The minimum atomic E-state index is -0.290. The molecule has 2 aliphatic rings. The first-order chi connectivity index (χ1) is 13.9. The number of nitrogens with zero attached hydrogens (tertiary/aromatic N) is 3. The van der Waals surface area contributed by atoms with Crippen molar-refractivity contribution in [1.82, 2.24) is 14.7 Å². The van der Waals surface area contributed by atoms with E-state index in [9.17, 15) is 14.4 Å². The summed E-state index contributed by atoms with van der Waals surface area (Å²) in [6.45, 7) is 6.17. The summed E-state index contributed by atoms with van der Waals surface area (Å²) in [6, 6.07) is 5.33. The molecule has 1 aromatic carbocycles. The Kier molecular flexibility index (Phi) is 6.30. The molecule has 2 aliphatic heterocycles. The highest BCUT2D eigenvalue weighted by molar-refractivity contribution is 6.00. The molecule has 1 unspecified atom stereocenters. The number of carbonyl (C=O) groups is 3. The number of ether oxygens (including phenoxy) is 2. The Labute approximate surface area is 171 Å². The minimum absolute atomic E-state index is 0.00321. The van der Waals surface area contributed by atoms with Crippen LogP contribution < -0.4 is 9.47 Å². The van der Waals surface area contributed by atoms with Crippen LogP contribution in [0.4, 0.5) is 0 Å². The second kappa shape index (κ2) is 8.71. The fourth-order valence-corrected chi connectivity index (χ4v) is 4.00. The van der Waals surface area contributed by atoms with Gasteiger partial charge in [-0.15, -0.1) is 0 Å². The molecule has 1 atom stereocenters. The molecule has 0 saturated carbocycles. The molecule has 2 fully saturated rings. The Morgan fingerprint density at radius 3 is 2.03 bits per heavy atom. The molecule has 8 heteroatoms. The molecule has 0 N–H and O–H groups in total. The molecule has 8 nitrogen and oxygen atoms in total. The molecular formula is C21H29N3O5. The quantitative estimate of drug-likeness (QED) is 0.739. The van der Waals surface area contributed by atoms with Gasteiger partial charge in [0.2, 0.25) is 11.8 Å². The van der Waals surface area contributed by atoms with Crippen LogP contribution in [0.2, 0.25) is 0 Å². The number of hydrogen-bond acceptors (Lipinski definition) is 5. The summed E-state index contributed by atoms with van der Waals surface area (Å²) >= 11 is 0. The second-order valence-corrected chi connectivity index (χ2v) is 7.70. The number of likely N-dealkylation sites (tertiary alicyclic amines) is 1. The van der Waals surface area contributed by atoms with Gasteiger partial charge in [0.1, 0.15) is 17.1 Å². The summed E-state index contributed by atoms with van der Waals surface area (Å²) in [5.74, 6) is 0.506. The number of amides is 3. The molecule has 0 aliphatic carbocycles. The van der Waals surface area contributed by atoms with E-state index in [4.69, 9.17) is 9.47 Å². The minimum Gasteiger partial charge on any atom is -0.496 e. The van der Waals surface area contributed by atoms with Gasteiger partial charge in [-0.3, -0.25) is 14.4 Å². The topological polar surface area (TPSA) is 79.4 Å². The van der Waals surface area contributed by atoms with E-state index in [0.717, 1.165) is 0 Å². The van der Waals surface area contributed by atoms with Crippen molar-refractivity contribution in [2.75, 3.05) is 46.9 Å². The van der Waals surface area contributed by atoms with E-state index in [0.29, 0.717) is 49.8 Å². The van der Waals surface area contributed by atoms with Crippen LogP contribution in [0.5, 0.6) is 11.5 Å². The monoisotopic (exact) mass is 403 g/mol. The van der Waals surface area contributed by atoms with Crippen LogP contribution >= 0.6 is 0 Å². The van der Waals surface area contributed by atoms with Crippen LogP contribution in [0.25, 0.3) is 0 Å². The van der Waals surface area contributed by atoms with Gasteiger partial charge in [-0.05, 0) is 26.0 Å². The van der Waals surface area contributed by atoms with Crippen LogP contribution in [0.1, 0.15) is 30.6 Å². The van der Waals surface area contributed by atoms with Crippen molar-refractivity contribution in [1.29, 1.82) is 0 Å². The van der Waals surface area contributed by atoms with Crippen LogP contribution in [0.3, 0.4) is 0 Å². The molecular weight excluding hydrogens is 374 g/mol. The lowest BCUT2D eigenvalue weighted by Gasteiger charge is -2.36. The fraction of sp³-hybridized carbons (Fsp3) is 0.571. The maximum atomic E-state index is 13.1. The molecule has 1 aromatic rings. The van der Waals surface area contributed by atoms with E-state index in [1.54, 1.807) is 32.9 Å². The second-order valence-electron chi connectivity index (χ2n) is 7.70. The first-order valence-electron chi connectivity index (χ1n) is 9.95. The molecule has 3 amide bonds. The smallest absolute Gasteiger partial charge is 0.261 e. The third kappa shape index (κ3) is 4.16. The van der Waals surface area contributed by atoms with Crippen molar-refractivity contribution in [3.63, 3.8) is 0 Å². The van der Waals surface area contributed by atoms with Crippen LogP contribution in [0, 0.1) is 5.92 Å². The van der Waals surface area contributed by atoms with Gasteiger partial charge in [0.05, 0.1) is 20.1 Å². The van der Waals surface area contributed by atoms with Gasteiger partial charge in [-0.2, -0.15) is 0 Å². The first-order valence-corrected chi connectivity index (χ1v) is 9.95. The molecule has 158 valence electrons. The largest absolute Gasteiger partial charge is 0.496 e. The van der Waals surface area contributed by atoms with Crippen molar-refractivity contribution >= 4 is 17.7 Å². The number of benzene rings is 1. The van der Waals surface area contributed by atoms with Crippen molar-refractivity contribution in [2.24, 2.45) is 5.92 Å². The van der Waals surface area contributed by atoms with Gasteiger partial charge >= 0.3 is 0 Å². The molecule has 29 heavy (non-hydrogen) atoms. The van der Waals surface area contributed by atoms with E-state index in [2.05, 4.69) is 0 Å². The van der Waals surface area contributed by atoms with Gasteiger partial charge in [-0.25, -0.2) is 0 Å². The summed E-state index contributed by atoms with van der Waals surface area (Å²) in [6.07, 6.45) is 0.272. The third-order valence-corrected chi connectivity index (χ3v) is 5.65. The number of rotatable bonds is 5. The zero-order chi connectivity index (χ0) is 21.1. The van der Waals surface area contributed by atoms with Crippen molar-refractivity contribution in [3.05, 3.63) is 23.8 Å². The van der Waals surface area contributed by atoms with Crippen molar-refractivity contribution in [2.45, 2.75) is 26.3 Å². The predicted octanol–water partition coefficient (Wildman–Crippen LogP) is 1.25. The van der Waals surface area contributed by atoms with Gasteiger partial charge in [-0.1, -0.05) is 6.07 Å². The summed E-state index contributed by atoms with van der Waals surface area (Å²) in [5, 5.41) is 0. The SMILES string of the molecule is COc1cccc(OC)c1C(=O)N1CCN(C(=O)C2CC(=O)N(C(C)C)C2)CC1. The summed E-state index contributed by atoms with van der Waals surface area (Å²) < 4.78 is 10.7. The Balaban J connectivity index is 1.63. The van der Waals surface area contributed by atoms with Crippen molar-refractivity contribution in [3.8, 4) is 11.5 Å². The fourth-order valence-electron chi connectivity index (χ4n) is 4.00. The van der Waals surface area contributed by atoms with E-state index in [-0.39, 0.29) is 36.1 Å². The maximum Gasteiger partial charge on any atom is 0.261 e. The Hall–Kier alpha value is -2.77. The Morgan fingerprint density at radius 2 is 1.55 bits per heavy atom. The first kappa shape index (κ1) is 21.0. The van der Waals surface area contributed by atoms with E-state index in [1.807, 2.05) is 13.8 Å². The predicted molar refractivity (Wildman–Crippen MR) is 107 cm³/mol. The molecule has 0 aromatic heterocycles.